The fraction of sp³-hybridized carbons (Fsp3) is 0.913. The number of hydrogen-bond donors (Lipinski definition) is 10. The first-order valence-electron chi connectivity index (χ1n) is 13.1. The second kappa shape index (κ2) is 17.3. The molecule has 17 heteroatoms. The summed E-state index contributed by atoms with van der Waals surface area (Å²) >= 11 is 0. The van der Waals surface area contributed by atoms with Crippen LogP contribution in [0.5, 0.6) is 0 Å². The third-order valence-corrected chi connectivity index (χ3v) is 6.68. The molecular formula is C23H42N2O15. The van der Waals surface area contributed by atoms with Crippen LogP contribution < -0.4 is 5.32 Å². The summed E-state index contributed by atoms with van der Waals surface area (Å²) in [6.45, 7) is -1.46. The molecule has 2 rings (SSSR count). The van der Waals surface area contributed by atoms with Gasteiger partial charge in [0.25, 0.3) is 0 Å². The van der Waals surface area contributed by atoms with E-state index in [-0.39, 0.29) is 45.2 Å². The Morgan fingerprint density at radius 3 is 1.60 bits per heavy atom. The number of aliphatic hydroxyl groups is 8. The van der Waals surface area contributed by atoms with Gasteiger partial charge in [0.15, 0.2) is 12.6 Å². The normalized spacial score (nSPS) is 34.4. The number of ether oxygens (including phenoxy) is 4. The van der Waals surface area contributed by atoms with Crippen LogP contribution in [0.2, 0.25) is 0 Å². The third-order valence-electron chi connectivity index (χ3n) is 6.68. The summed E-state index contributed by atoms with van der Waals surface area (Å²) in [5.74, 6) is -0.319. The molecule has 2 amide bonds. The van der Waals surface area contributed by atoms with Crippen LogP contribution in [0.1, 0.15) is 25.7 Å². The Morgan fingerprint density at radius 1 is 0.700 bits per heavy atom. The van der Waals surface area contributed by atoms with E-state index in [0.717, 1.165) is 0 Å². The van der Waals surface area contributed by atoms with Crippen LogP contribution >= 0.6 is 0 Å². The van der Waals surface area contributed by atoms with E-state index in [1.807, 2.05) is 0 Å². The molecule has 0 spiro atoms. The molecular weight excluding hydrogens is 544 g/mol. The van der Waals surface area contributed by atoms with E-state index in [1.165, 1.54) is 4.90 Å². The molecule has 234 valence electrons. The number of nitrogens with one attached hydrogen (secondary N) is 1. The molecule has 0 aromatic heterocycles. The average molecular weight is 587 g/mol. The van der Waals surface area contributed by atoms with Gasteiger partial charge in [-0.25, -0.2) is 4.79 Å². The Balaban J connectivity index is 1.91. The Bertz CT molecular complexity index is 718. The molecule has 0 aliphatic carbocycles. The standard InChI is InChI=1S/C23H42N2O15/c26-10-12-15(29)17(31)19(33)21(39-12)37-8-6-25(14(28)4-2-1-3-5-24-23(35)36)7-9-38-22-20(34)18(32)16(30)13(11-27)40-22/h12-13,15-22,24,26-27,29-34H,1-11H2,(H,35,36)/t12-,13-,15-,16-,17+,18+,19+,20+,21+,22+/m1/s1. The molecule has 2 aliphatic heterocycles. The van der Waals surface area contributed by atoms with Gasteiger partial charge in [0.1, 0.15) is 48.8 Å². The van der Waals surface area contributed by atoms with Crippen molar-refractivity contribution < 1.29 is 74.5 Å². The lowest BCUT2D eigenvalue weighted by Crippen LogP contribution is -2.59. The topological polar surface area (TPSA) is 268 Å². The van der Waals surface area contributed by atoms with Gasteiger partial charge in [-0.2, -0.15) is 0 Å². The Kier molecular flexibility index (Phi) is 14.9. The monoisotopic (exact) mass is 586 g/mol. The number of aliphatic hydroxyl groups excluding tert-OH is 8. The van der Waals surface area contributed by atoms with E-state index in [0.29, 0.717) is 19.3 Å². The summed E-state index contributed by atoms with van der Waals surface area (Å²) in [6, 6.07) is 0. The zero-order chi connectivity index (χ0) is 29.8. The van der Waals surface area contributed by atoms with Gasteiger partial charge in [-0.05, 0) is 12.8 Å². The van der Waals surface area contributed by atoms with Gasteiger partial charge < -0.3 is 75.1 Å². The minimum absolute atomic E-state index is 0.0353. The maximum absolute atomic E-state index is 12.9. The van der Waals surface area contributed by atoms with Crippen molar-refractivity contribution in [1.29, 1.82) is 0 Å². The maximum atomic E-state index is 12.9. The van der Waals surface area contributed by atoms with Crippen molar-refractivity contribution >= 4 is 12.0 Å². The van der Waals surface area contributed by atoms with E-state index < -0.39 is 80.7 Å². The molecule has 2 saturated heterocycles. The lowest BCUT2D eigenvalue weighted by atomic mass is 9.99. The Morgan fingerprint density at radius 2 is 1.18 bits per heavy atom. The van der Waals surface area contributed by atoms with E-state index in [4.69, 9.17) is 24.1 Å². The number of amides is 2. The number of rotatable bonds is 16. The number of carboxylic acid groups (broad SMARTS) is 1. The molecule has 10 N–H and O–H groups in total. The maximum Gasteiger partial charge on any atom is 0.404 e. The fourth-order valence-corrected chi connectivity index (χ4v) is 4.26. The largest absolute Gasteiger partial charge is 0.465 e. The lowest BCUT2D eigenvalue weighted by molar-refractivity contribution is -0.303. The average Bonchev–Trinajstić information content (AvgIpc) is 2.93. The molecule has 0 aromatic carbocycles. The number of unbranched alkanes of at least 4 members (excludes halogenated alkanes) is 2. The first kappa shape index (κ1) is 34.5. The highest BCUT2D eigenvalue weighted by molar-refractivity contribution is 5.76. The van der Waals surface area contributed by atoms with Gasteiger partial charge in [-0.3, -0.25) is 4.79 Å². The predicted octanol–water partition coefficient (Wildman–Crippen LogP) is -4.72. The third kappa shape index (κ3) is 9.97. The Labute approximate surface area is 230 Å². The number of carbonyl (C=O) groups is 2. The highest BCUT2D eigenvalue weighted by Gasteiger charge is 2.45. The van der Waals surface area contributed by atoms with Gasteiger partial charge >= 0.3 is 6.09 Å². The van der Waals surface area contributed by atoms with Crippen LogP contribution in [-0.2, 0) is 23.7 Å². The quantitative estimate of drug-likeness (QED) is 0.0761. The summed E-state index contributed by atoms with van der Waals surface area (Å²) in [6.07, 6.45) is -14.2. The van der Waals surface area contributed by atoms with Gasteiger partial charge in [-0.1, -0.05) is 6.42 Å². The predicted molar refractivity (Wildman–Crippen MR) is 131 cm³/mol. The molecule has 0 bridgehead atoms. The summed E-state index contributed by atoms with van der Waals surface area (Å²) in [5.41, 5.74) is 0. The highest BCUT2D eigenvalue weighted by Crippen LogP contribution is 2.23. The van der Waals surface area contributed by atoms with Gasteiger partial charge in [0, 0.05) is 26.1 Å². The van der Waals surface area contributed by atoms with E-state index >= 15 is 0 Å². The molecule has 0 saturated carbocycles. The molecule has 2 heterocycles. The lowest BCUT2D eigenvalue weighted by Gasteiger charge is -2.40. The van der Waals surface area contributed by atoms with Crippen LogP contribution in [0.25, 0.3) is 0 Å². The molecule has 0 aromatic rings. The van der Waals surface area contributed by atoms with E-state index in [9.17, 15) is 50.4 Å². The molecule has 10 atom stereocenters. The van der Waals surface area contributed by atoms with E-state index in [1.54, 1.807) is 0 Å². The molecule has 0 unspecified atom stereocenters. The van der Waals surface area contributed by atoms with Crippen LogP contribution in [0.3, 0.4) is 0 Å². The highest BCUT2D eigenvalue weighted by atomic mass is 16.7. The van der Waals surface area contributed by atoms with Crippen LogP contribution in [0, 0.1) is 0 Å². The van der Waals surface area contributed by atoms with Crippen molar-refractivity contribution in [3.05, 3.63) is 0 Å². The summed E-state index contributed by atoms with van der Waals surface area (Å²) in [5, 5.41) is 89.3. The van der Waals surface area contributed by atoms with E-state index in [2.05, 4.69) is 5.32 Å². The number of hydrogen-bond acceptors (Lipinski definition) is 14. The molecule has 0 radical (unpaired) electrons. The van der Waals surface area contributed by atoms with Crippen LogP contribution in [0.4, 0.5) is 4.79 Å². The zero-order valence-corrected chi connectivity index (χ0v) is 22.0. The molecule has 2 aliphatic rings. The van der Waals surface area contributed by atoms with Crippen molar-refractivity contribution in [1.82, 2.24) is 10.2 Å². The first-order chi connectivity index (χ1) is 19.0. The van der Waals surface area contributed by atoms with Crippen molar-refractivity contribution in [2.24, 2.45) is 0 Å². The fourth-order valence-electron chi connectivity index (χ4n) is 4.26. The van der Waals surface area contributed by atoms with Crippen LogP contribution in [-0.4, -0.2) is 170 Å². The zero-order valence-electron chi connectivity index (χ0n) is 22.0. The number of carbonyl (C=O) groups excluding carboxylic acids is 1. The van der Waals surface area contributed by atoms with Gasteiger partial charge in [-0.15, -0.1) is 0 Å². The second-order valence-electron chi connectivity index (χ2n) is 9.56. The van der Waals surface area contributed by atoms with Crippen molar-refractivity contribution in [2.75, 3.05) is 46.1 Å². The van der Waals surface area contributed by atoms with Crippen molar-refractivity contribution in [2.45, 2.75) is 87.1 Å². The molecule has 2 fully saturated rings. The second-order valence-corrected chi connectivity index (χ2v) is 9.56. The summed E-state index contributed by atoms with van der Waals surface area (Å²) < 4.78 is 21.5. The summed E-state index contributed by atoms with van der Waals surface area (Å²) in [7, 11) is 0. The molecule has 40 heavy (non-hydrogen) atoms. The van der Waals surface area contributed by atoms with Gasteiger partial charge in [0.05, 0.1) is 26.4 Å². The molecule has 17 nitrogen and oxygen atoms in total. The smallest absolute Gasteiger partial charge is 0.404 e. The first-order valence-corrected chi connectivity index (χ1v) is 13.1. The van der Waals surface area contributed by atoms with Crippen molar-refractivity contribution in [3.63, 3.8) is 0 Å². The minimum Gasteiger partial charge on any atom is -0.465 e. The Hall–Kier alpha value is -1.74. The van der Waals surface area contributed by atoms with Gasteiger partial charge in [0.2, 0.25) is 5.91 Å². The SMILES string of the molecule is O=C(O)NCCCCCC(=O)N(CCO[C@H]1O[C@H](CO)[C@@H](O)[C@H](O)[C@@H]1O)CCO[C@H]1O[C@H](CO)[C@@H](O)[C@H](O)[C@@H]1O. The summed E-state index contributed by atoms with van der Waals surface area (Å²) in [4.78, 5) is 24.8. The van der Waals surface area contributed by atoms with Crippen molar-refractivity contribution in [3.8, 4) is 0 Å². The minimum atomic E-state index is -1.63. The number of nitrogens with zero attached hydrogens (tertiary/aromatic N) is 1. The van der Waals surface area contributed by atoms with Crippen LogP contribution in [0.15, 0.2) is 0 Å².